The van der Waals surface area contributed by atoms with Gasteiger partial charge in [-0.25, -0.2) is 4.79 Å². The van der Waals surface area contributed by atoms with Crippen LogP contribution in [0.5, 0.6) is 0 Å². The van der Waals surface area contributed by atoms with Crippen molar-refractivity contribution in [2.75, 3.05) is 19.6 Å². The number of piperidine rings is 1. The molecule has 0 aromatic carbocycles. The van der Waals surface area contributed by atoms with Gasteiger partial charge in [0.2, 0.25) is 5.91 Å². The van der Waals surface area contributed by atoms with E-state index in [1.807, 2.05) is 27.7 Å². The maximum absolute atomic E-state index is 11.8. The number of hydrogen-bond acceptors (Lipinski definition) is 4. The van der Waals surface area contributed by atoms with Crippen molar-refractivity contribution >= 4 is 11.9 Å². The molecule has 1 fully saturated rings. The number of nitrogens with one attached hydrogen (secondary N) is 2. The molecule has 3 amide bonds. The third kappa shape index (κ3) is 6.34. The van der Waals surface area contributed by atoms with E-state index in [1.165, 1.54) is 0 Å². The van der Waals surface area contributed by atoms with Crippen LogP contribution in [0, 0.1) is 5.92 Å². The first-order valence-corrected chi connectivity index (χ1v) is 7.27. The molecule has 1 saturated heterocycles. The van der Waals surface area contributed by atoms with Crippen molar-refractivity contribution in [3.63, 3.8) is 0 Å². The summed E-state index contributed by atoms with van der Waals surface area (Å²) >= 11 is 0. The first-order valence-electron chi connectivity index (χ1n) is 7.27. The molecular formula is C14H28N4O2. The molecule has 0 aliphatic carbocycles. The van der Waals surface area contributed by atoms with E-state index in [0.29, 0.717) is 5.92 Å². The van der Waals surface area contributed by atoms with E-state index >= 15 is 0 Å². The van der Waals surface area contributed by atoms with Gasteiger partial charge in [-0.2, -0.15) is 0 Å². The van der Waals surface area contributed by atoms with Gasteiger partial charge in [-0.1, -0.05) is 0 Å². The number of hydrogen-bond donors (Lipinski definition) is 3. The molecule has 1 aliphatic rings. The van der Waals surface area contributed by atoms with Crippen LogP contribution in [0.4, 0.5) is 4.79 Å². The van der Waals surface area contributed by atoms with Gasteiger partial charge in [-0.05, 0) is 53.0 Å². The van der Waals surface area contributed by atoms with Crippen LogP contribution in [0.15, 0.2) is 0 Å². The smallest absolute Gasteiger partial charge is 0.321 e. The molecule has 1 heterocycles. The Balaban J connectivity index is 2.37. The van der Waals surface area contributed by atoms with E-state index in [2.05, 4.69) is 15.5 Å². The highest BCUT2D eigenvalue weighted by Gasteiger charge is 2.24. The Labute approximate surface area is 121 Å². The molecule has 4 N–H and O–H groups in total. The van der Waals surface area contributed by atoms with Crippen molar-refractivity contribution in [3.8, 4) is 0 Å². The Morgan fingerprint density at radius 3 is 2.60 bits per heavy atom. The minimum absolute atomic E-state index is 0.144. The molecule has 0 spiro atoms. The number of nitrogens with two attached hydrogens (primary N) is 1. The zero-order valence-electron chi connectivity index (χ0n) is 13.0. The van der Waals surface area contributed by atoms with E-state index in [4.69, 9.17) is 5.73 Å². The second-order valence-electron chi connectivity index (χ2n) is 6.75. The standard InChI is InChI=1S/C14H28N4O2/c1-10(15)11-6-5-7-18(8-11)9-12(19)16-13(20)17-14(2,3)4/h10-11H,5-9,15H2,1-4H3,(H2,16,17,19,20). The Morgan fingerprint density at radius 1 is 1.40 bits per heavy atom. The van der Waals surface area contributed by atoms with Gasteiger partial charge < -0.3 is 11.1 Å². The van der Waals surface area contributed by atoms with Gasteiger partial charge in [0.25, 0.3) is 0 Å². The lowest BCUT2D eigenvalue weighted by molar-refractivity contribution is -0.121. The monoisotopic (exact) mass is 284 g/mol. The summed E-state index contributed by atoms with van der Waals surface area (Å²) in [7, 11) is 0. The van der Waals surface area contributed by atoms with Gasteiger partial charge in [0.05, 0.1) is 6.54 Å². The molecule has 6 heteroatoms. The molecule has 2 unspecified atom stereocenters. The quantitative estimate of drug-likeness (QED) is 0.711. The topological polar surface area (TPSA) is 87.5 Å². The molecule has 2 atom stereocenters. The van der Waals surface area contributed by atoms with Crippen molar-refractivity contribution in [3.05, 3.63) is 0 Å². The SMILES string of the molecule is CC(N)C1CCCN(CC(=O)NC(=O)NC(C)(C)C)C1. The molecule has 0 saturated carbocycles. The summed E-state index contributed by atoms with van der Waals surface area (Å²) in [5.41, 5.74) is 5.57. The predicted octanol–water partition coefficient (Wildman–Crippen LogP) is 0.670. The Kier molecular flexibility index (Phi) is 5.95. The summed E-state index contributed by atoms with van der Waals surface area (Å²) in [6.07, 6.45) is 2.16. The number of amides is 3. The third-order valence-corrected chi connectivity index (χ3v) is 3.39. The minimum atomic E-state index is -0.441. The largest absolute Gasteiger partial charge is 0.333 e. The van der Waals surface area contributed by atoms with Crippen LogP contribution in [-0.4, -0.2) is 48.1 Å². The number of carbonyl (C=O) groups is 2. The number of nitrogens with zero attached hydrogens (tertiary/aromatic N) is 1. The number of likely N-dealkylation sites (tertiary alicyclic amines) is 1. The maximum atomic E-state index is 11.8. The average molecular weight is 284 g/mol. The lowest BCUT2D eigenvalue weighted by atomic mass is 9.92. The first-order chi connectivity index (χ1) is 9.17. The molecular weight excluding hydrogens is 256 g/mol. The summed E-state index contributed by atoms with van der Waals surface area (Å²) in [5, 5.41) is 5.07. The minimum Gasteiger partial charge on any atom is -0.333 e. The van der Waals surface area contributed by atoms with E-state index in [0.717, 1.165) is 25.9 Å². The first kappa shape index (κ1) is 16.9. The Bertz CT molecular complexity index is 350. The summed E-state index contributed by atoms with van der Waals surface area (Å²) in [4.78, 5) is 25.5. The fourth-order valence-electron chi connectivity index (χ4n) is 2.41. The molecule has 20 heavy (non-hydrogen) atoms. The van der Waals surface area contributed by atoms with Crippen LogP contribution < -0.4 is 16.4 Å². The number of carbonyl (C=O) groups excluding carboxylic acids is 2. The second-order valence-corrected chi connectivity index (χ2v) is 6.75. The van der Waals surface area contributed by atoms with Crippen LogP contribution >= 0.6 is 0 Å². The van der Waals surface area contributed by atoms with E-state index in [1.54, 1.807) is 0 Å². The van der Waals surface area contributed by atoms with Crippen LogP contribution in [0.2, 0.25) is 0 Å². The molecule has 116 valence electrons. The highest BCUT2D eigenvalue weighted by Crippen LogP contribution is 2.18. The van der Waals surface area contributed by atoms with Crippen molar-refractivity contribution in [1.82, 2.24) is 15.5 Å². The molecule has 0 bridgehead atoms. The van der Waals surface area contributed by atoms with E-state index in [9.17, 15) is 9.59 Å². The zero-order chi connectivity index (χ0) is 15.3. The van der Waals surface area contributed by atoms with Crippen molar-refractivity contribution < 1.29 is 9.59 Å². The Morgan fingerprint density at radius 2 is 2.05 bits per heavy atom. The maximum Gasteiger partial charge on any atom is 0.321 e. The lowest BCUT2D eigenvalue weighted by Gasteiger charge is -2.34. The molecule has 0 aromatic heterocycles. The van der Waals surface area contributed by atoms with Crippen LogP contribution in [-0.2, 0) is 4.79 Å². The van der Waals surface area contributed by atoms with Gasteiger partial charge in [0.15, 0.2) is 0 Å². The number of imide groups is 1. The fraction of sp³-hybridized carbons (Fsp3) is 0.857. The van der Waals surface area contributed by atoms with Crippen molar-refractivity contribution in [1.29, 1.82) is 0 Å². The van der Waals surface area contributed by atoms with Crippen LogP contribution in [0.3, 0.4) is 0 Å². The van der Waals surface area contributed by atoms with Gasteiger partial charge >= 0.3 is 6.03 Å². The van der Waals surface area contributed by atoms with Crippen molar-refractivity contribution in [2.24, 2.45) is 11.7 Å². The fourth-order valence-corrected chi connectivity index (χ4v) is 2.41. The normalized spacial score (nSPS) is 22.1. The van der Waals surface area contributed by atoms with E-state index in [-0.39, 0.29) is 24.0 Å². The van der Waals surface area contributed by atoms with Gasteiger partial charge in [-0.3, -0.25) is 15.0 Å². The summed E-state index contributed by atoms with van der Waals surface area (Å²) in [5.74, 6) is 0.164. The van der Waals surface area contributed by atoms with Crippen LogP contribution in [0.1, 0.15) is 40.5 Å². The molecule has 0 radical (unpaired) electrons. The predicted molar refractivity (Wildman–Crippen MR) is 79.2 cm³/mol. The van der Waals surface area contributed by atoms with Crippen LogP contribution in [0.25, 0.3) is 0 Å². The summed E-state index contributed by atoms with van der Waals surface area (Å²) in [6, 6.07) is -0.298. The highest BCUT2D eigenvalue weighted by atomic mass is 16.2. The average Bonchev–Trinajstić information content (AvgIpc) is 2.25. The zero-order valence-corrected chi connectivity index (χ0v) is 13.0. The molecule has 1 aliphatic heterocycles. The molecule has 0 aromatic rings. The van der Waals surface area contributed by atoms with Gasteiger partial charge in [-0.15, -0.1) is 0 Å². The van der Waals surface area contributed by atoms with Crippen molar-refractivity contribution in [2.45, 2.75) is 52.1 Å². The molecule has 1 rings (SSSR count). The highest BCUT2D eigenvalue weighted by molar-refractivity contribution is 5.95. The lowest BCUT2D eigenvalue weighted by Crippen LogP contribution is -2.51. The third-order valence-electron chi connectivity index (χ3n) is 3.39. The number of urea groups is 1. The summed E-state index contributed by atoms with van der Waals surface area (Å²) in [6.45, 7) is 9.58. The Hall–Kier alpha value is -1.14. The second kappa shape index (κ2) is 7.04. The molecule has 6 nitrogen and oxygen atoms in total. The summed E-state index contributed by atoms with van der Waals surface area (Å²) < 4.78 is 0. The van der Waals surface area contributed by atoms with E-state index < -0.39 is 6.03 Å². The number of rotatable bonds is 3. The van der Waals surface area contributed by atoms with Gasteiger partial charge in [0, 0.05) is 18.1 Å². The van der Waals surface area contributed by atoms with Gasteiger partial charge in [0.1, 0.15) is 0 Å².